The summed E-state index contributed by atoms with van der Waals surface area (Å²) in [6, 6.07) is 7.90. The fourth-order valence-corrected chi connectivity index (χ4v) is 5.21. The van der Waals surface area contributed by atoms with E-state index in [1.165, 1.54) is 18.5 Å². The fraction of sp³-hybridized carbons (Fsp3) is 0.438. The minimum absolute atomic E-state index is 0.00894. The lowest BCUT2D eigenvalue weighted by Crippen LogP contribution is -2.54. The molecule has 1 amide bonds. The minimum atomic E-state index is -0.514. The van der Waals surface area contributed by atoms with Crippen molar-refractivity contribution in [3.05, 3.63) is 59.7 Å². The molecular formula is C32H38ClFN6O4. The molecule has 2 heterocycles. The second-order valence-corrected chi connectivity index (χ2v) is 12.0. The van der Waals surface area contributed by atoms with Crippen molar-refractivity contribution in [1.29, 1.82) is 0 Å². The number of anilines is 3. The summed E-state index contributed by atoms with van der Waals surface area (Å²) in [6.07, 6.45) is 7.12. The van der Waals surface area contributed by atoms with Gasteiger partial charge in [0.15, 0.2) is 0 Å². The van der Waals surface area contributed by atoms with Gasteiger partial charge in [-0.05, 0) is 63.8 Å². The number of nitrogens with one attached hydrogen (secondary N) is 2. The van der Waals surface area contributed by atoms with Crippen LogP contribution in [0.2, 0.25) is 5.02 Å². The molecule has 44 heavy (non-hydrogen) atoms. The second kappa shape index (κ2) is 13.9. The SMILES string of the molecule is CCOC(=O)CN1CCN(C(C)(C)C=CC(=O)Nc2cc3c(Nc4ccc(F)c(Cl)c4)ncnc3cc2OCC2CC2)CC1. The number of nitrogens with zero attached hydrogens (tertiary/aromatic N) is 4. The van der Waals surface area contributed by atoms with E-state index in [9.17, 15) is 14.0 Å². The van der Waals surface area contributed by atoms with E-state index in [-0.39, 0.29) is 29.0 Å². The van der Waals surface area contributed by atoms with E-state index in [4.69, 9.17) is 21.1 Å². The number of rotatable bonds is 12. The first-order valence-electron chi connectivity index (χ1n) is 14.9. The molecule has 2 fully saturated rings. The molecule has 0 unspecified atom stereocenters. The molecule has 1 aromatic heterocycles. The Hall–Kier alpha value is -3.80. The van der Waals surface area contributed by atoms with Crippen LogP contribution in [0.3, 0.4) is 0 Å². The van der Waals surface area contributed by atoms with Crippen LogP contribution in [0.5, 0.6) is 5.75 Å². The van der Waals surface area contributed by atoms with Crippen molar-refractivity contribution in [2.24, 2.45) is 5.92 Å². The first-order valence-corrected chi connectivity index (χ1v) is 15.3. The highest BCUT2D eigenvalue weighted by Crippen LogP contribution is 2.36. The highest BCUT2D eigenvalue weighted by atomic mass is 35.5. The van der Waals surface area contributed by atoms with Gasteiger partial charge in [0.05, 0.1) is 36.0 Å². The molecule has 234 valence electrons. The zero-order valence-electron chi connectivity index (χ0n) is 25.2. The molecule has 2 aliphatic rings. The quantitative estimate of drug-likeness (QED) is 0.202. The molecule has 1 saturated carbocycles. The Morgan fingerprint density at radius 1 is 1.14 bits per heavy atom. The Labute approximate surface area is 261 Å². The number of hydrogen-bond acceptors (Lipinski definition) is 9. The number of halogens is 2. The first kappa shape index (κ1) is 31.6. The third kappa shape index (κ3) is 8.22. The number of benzene rings is 2. The van der Waals surface area contributed by atoms with Crippen LogP contribution in [-0.2, 0) is 14.3 Å². The van der Waals surface area contributed by atoms with Crippen molar-refractivity contribution in [3.63, 3.8) is 0 Å². The van der Waals surface area contributed by atoms with Gasteiger partial charge in [-0.1, -0.05) is 17.7 Å². The number of piperazine rings is 1. The normalized spacial score (nSPS) is 16.3. The molecule has 2 N–H and O–H groups in total. The van der Waals surface area contributed by atoms with Crippen LogP contribution in [-0.4, -0.2) is 83.1 Å². The molecule has 1 saturated heterocycles. The topological polar surface area (TPSA) is 109 Å². The van der Waals surface area contributed by atoms with Gasteiger partial charge in [0.1, 0.15) is 23.7 Å². The average molecular weight is 625 g/mol. The maximum Gasteiger partial charge on any atom is 0.320 e. The third-order valence-corrected chi connectivity index (χ3v) is 8.13. The molecule has 0 bridgehead atoms. The van der Waals surface area contributed by atoms with Gasteiger partial charge in [0, 0.05) is 54.9 Å². The minimum Gasteiger partial charge on any atom is -0.491 e. The molecule has 2 aromatic carbocycles. The Morgan fingerprint density at radius 3 is 2.61 bits per heavy atom. The van der Waals surface area contributed by atoms with E-state index in [1.54, 1.807) is 31.2 Å². The number of hydrogen-bond donors (Lipinski definition) is 2. The van der Waals surface area contributed by atoms with Gasteiger partial charge in [0.2, 0.25) is 5.91 Å². The number of amides is 1. The lowest BCUT2D eigenvalue weighted by atomic mass is 10.0. The summed E-state index contributed by atoms with van der Waals surface area (Å²) in [6.45, 7) is 10.2. The van der Waals surface area contributed by atoms with Crippen molar-refractivity contribution in [1.82, 2.24) is 19.8 Å². The molecule has 0 spiro atoms. The van der Waals surface area contributed by atoms with Gasteiger partial charge in [-0.3, -0.25) is 19.4 Å². The Balaban J connectivity index is 1.30. The molecule has 3 aromatic rings. The summed E-state index contributed by atoms with van der Waals surface area (Å²) in [5.41, 5.74) is 1.29. The molecule has 0 radical (unpaired) electrons. The summed E-state index contributed by atoms with van der Waals surface area (Å²) in [5, 5.41) is 6.80. The Kier molecular flexibility index (Phi) is 9.97. The monoisotopic (exact) mass is 624 g/mol. The lowest BCUT2D eigenvalue weighted by Gasteiger charge is -2.42. The zero-order chi connectivity index (χ0) is 31.3. The van der Waals surface area contributed by atoms with Crippen LogP contribution >= 0.6 is 11.6 Å². The first-order chi connectivity index (χ1) is 21.1. The zero-order valence-corrected chi connectivity index (χ0v) is 26.0. The smallest absolute Gasteiger partial charge is 0.320 e. The van der Waals surface area contributed by atoms with Crippen LogP contribution in [0.25, 0.3) is 10.9 Å². The van der Waals surface area contributed by atoms with Gasteiger partial charge < -0.3 is 20.1 Å². The third-order valence-electron chi connectivity index (χ3n) is 7.84. The van der Waals surface area contributed by atoms with E-state index in [0.29, 0.717) is 53.0 Å². The van der Waals surface area contributed by atoms with E-state index in [1.807, 2.05) is 6.08 Å². The predicted octanol–water partition coefficient (Wildman–Crippen LogP) is 5.41. The molecule has 12 heteroatoms. The number of esters is 1. The predicted molar refractivity (Wildman–Crippen MR) is 169 cm³/mol. The number of aromatic nitrogens is 2. The maximum atomic E-state index is 13.7. The van der Waals surface area contributed by atoms with Crippen molar-refractivity contribution in [2.75, 3.05) is 56.6 Å². The van der Waals surface area contributed by atoms with Crippen LogP contribution in [0.1, 0.15) is 33.6 Å². The van der Waals surface area contributed by atoms with Crippen molar-refractivity contribution in [2.45, 2.75) is 39.2 Å². The number of carbonyl (C=O) groups excluding carboxylic acids is 2. The lowest BCUT2D eigenvalue weighted by molar-refractivity contribution is -0.145. The van der Waals surface area contributed by atoms with Crippen molar-refractivity contribution < 1.29 is 23.5 Å². The second-order valence-electron chi connectivity index (χ2n) is 11.6. The largest absolute Gasteiger partial charge is 0.491 e. The van der Waals surface area contributed by atoms with Crippen molar-refractivity contribution in [3.8, 4) is 5.75 Å². The molecule has 0 atom stereocenters. The van der Waals surface area contributed by atoms with Crippen LogP contribution in [0, 0.1) is 11.7 Å². The highest BCUT2D eigenvalue weighted by Gasteiger charge is 2.29. The fourth-order valence-electron chi connectivity index (χ4n) is 5.03. The molecule has 1 aliphatic carbocycles. The molecule has 1 aliphatic heterocycles. The van der Waals surface area contributed by atoms with Gasteiger partial charge in [-0.25, -0.2) is 14.4 Å². The highest BCUT2D eigenvalue weighted by molar-refractivity contribution is 6.31. The average Bonchev–Trinajstić information content (AvgIpc) is 3.82. The van der Waals surface area contributed by atoms with Gasteiger partial charge >= 0.3 is 5.97 Å². The summed E-state index contributed by atoms with van der Waals surface area (Å²) in [5.74, 6) is 0.489. The Bertz CT molecular complexity index is 1540. The summed E-state index contributed by atoms with van der Waals surface area (Å²) >= 11 is 5.97. The van der Waals surface area contributed by atoms with Crippen LogP contribution in [0.4, 0.5) is 21.6 Å². The van der Waals surface area contributed by atoms with Crippen LogP contribution in [0.15, 0.2) is 48.8 Å². The van der Waals surface area contributed by atoms with E-state index < -0.39 is 5.82 Å². The van der Waals surface area contributed by atoms with Crippen LogP contribution < -0.4 is 15.4 Å². The molecular weight excluding hydrogens is 587 g/mol. The maximum absolute atomic E-state index is 13.7. The summed E-state index contributed by atoms with van der Waals surface area (Å²) in [7, 11) is 0. The van der Waals surface area contributed by atoms with Gasteiger partial charge in [0.25, 0.3) is 0 Å². The van der Waals surface area contributed by atoms with Gasteiger partial charge in [-0.15, -0.1) is 0 Å². The summed E-state index contributed by atoms with van der Waals surface area (Å²) in [4.78, 5) is 38.2. The van der Waals surface area contributed by atoms with Crippen molar-refractivity contribution >= 4 is 51.6 Å². The molecule has 5 rings (SSSR count). The number of fused-ring (bicyclic) bond motifs is 1. The number of ether oxygens (including phenoxy) is 2. The van der Waals surface area contributed by atoms with E-state index in [0.717, 1.165) is 39.0 Å². The van der Waals surface area contributed by atoms with E-state index in [2.05, 4.69) is 44.2 Å². The van der Waals surface area contributed by atoms with E-state index >= 15 is 0 Å². The molecule has 10 nitrogen and oxygen atoms in total. The Morgan fingerprint density at radius 2 is 1.91 bits per heavy atom. The summed E-state index contributed by atoms with van der Waals surface area (Å²) < 4.78 is 24.9. The standard InChI is InChI=1S/C32H38ClFN6O4/c1-4-43-30(42)18-39-11-13-40(14-12-39)32(2,3)10-9-29(41)38-27-16-23-26(17-28(27)44-19-21-5-6-21)35-20-36-31(23)37-22-7-8-25(34)24(33)15-22/h7-10,15-17,20-21H,4-6,11-14,18-19H2,1-3H3,(H,38,41)(H,35,36,37). The van der Waals surface area contributed by atoms with Gasteiger partial charge in [-0.2, -0.15) is 0 Å². The number of carbonyl (C=O) groups is 2.